The molecule has 2 aromatic rings. The summed E-state index contributed by atoms with van der Waals surface area (Å²) in [7, 11) is 0. The summed E-state index contributed by atoms with van der Waals surface area (Å²) >= 11 is 3.09. The summed E-state index contributed by atoms with van der Waals surface area (Å²) < 4.78 is 0.173. The Hall–Kier alpha value is -2.47. The van der Waals surface area contributed by atoms with Gasteiger partial charge in [0.2, 0.25) is 0 Å². The van der Waals surface area contributed by atoms with Crippen molar-refractivity contribution in [1.82, 2.24) is 0 Å². The molecule has 0 amide bonds. The van der Waals surface area contributed by atoms with Crippen LogP contribution in [0, 0.1) is 0 Å². The number of halogens is 1. The van der Waals surface area contributed by atoms with Crippen molar-refractivity contribution in [3.8, 4) is 0 Å². The molecule has 1 aliphatic rings. The van der Waals surface area contributed by atoms with Crippen LogP contribution in [-0.2, 0) is 0 Å². The van der Waals surface area contributed by atoms with Gasteiger partial charge in [0.25, 0.3) is 0 Å². The van der Waals surface area contributed by atoms with Crippen LogP contribution in [-0.4, -0.2) is 22.6 Å². The van der Waals surface area contributed by atoms with Gasteiger partial charge in [-0.3, -0.25) is 9.59 Å². The summed E-state index contributed by atoms with van der Waals surface area (Å²) in [5.74, 6) is -2.04. The molecule has 104 valence electrons. The molecule has 3 rings (SSSR count). The molecule has 0 heterocycles. The van der Waals surface area contributed by atoms with Crippen molar-refractivity contribution in [2.75, 3.05) is 5.73 Å². The van der Waals surface area contributed by atoms with Crippen molar-refractivity contribution < 1.29 is 19.5 Å². The molecule has 21 heavy (non-hydrogen) atoms. The Bertz CT molecular complexity index is 842. The lowest BCUT2D eigenvalue weighted by molar-refractivity contribution is 0.0696. The minimum Gasteiger partial charge on any atom is -0.478 e. The largest absolute Gasteiger partial charge is 0.478 e. The lowest BCUT2D eigenvalue weighted by atomic mass is 9.82. The van der Waals surface area contributed by atoms with E-state index in [1.165, 1.54) is 12.1 Å². The maximum absolute atomic E-state index is 12.5. The van der Waals surface area contributed by atoms with Gasteiger partial charge >= 0.3 is 5.97 Å². The molecule has 6 heteroatoms. The smallest absolute Gasteiger partial charge is 0.338 e. The number of nitrogen functional groups attached to an aromatic ring is 1. The number of hydrogen-bond acceptors (Lipinski definition) is 4. The molecular weight excluding hydrogens is 338 g/mol. The highest BCUT2D eigenvalue weighted by molar-refractivity contribution is 9.10. The number of hydrogen-bond donors (Lipinski definition) is 2. The average molecular weight is 346 g/mol. The summed E-state index contributed by atoms with van der Waals surface area (Å²) in [5.41, 5.74) is 6.03. The van der Waals surface area contributed by atoms with Crippen LogP contribution in [0.25, 0.3) is 0 Å². The Kier molecular flexibility index (Phi) is 2.91. The van der Waals surface area contributed by atoms with Crippen LogP contribution in [0.5, 0.6) is 0 Å². The number of ketones is 2. The number of anilines is 1. The van der Waals surface area contributed by atoms with E-state index < -0.39 is 11.8 Å². The number of rotatable bonds is 1. The zero-order valence-corrected chi connectivity index (χ0v) is 12.1. The van der Waals surface area contributed by atoms with Crippen LogP contribution in [0.15, 0.2) is 34.8 Å². The molecular formula is C15H8BrNO4. The third-order valence-electron chi connectivity index (χ3n) is 3.42. The van der Waals surface area contributed by atoms with E-state index in [4.69, 9.17) is 5.73 Å². The third kappa shape index (κ3) is 1.80. The molecule has 1 aliphatic carbocycles. The summed E-state index contributed by atoms with van der Waals surface area (Å²) in [4.78, 5) is 36.2. The maximum atomic E-state index is 12.5. The zero-order valence-electron chi connectivity index (χ0n) is 10.5. The van der Waals surface area contributed by atoms with Gasteiger partial charge in [0, 0.05) is 21.2 Å². The van der Waals surface area contributed by atoms with E-state index in [1.807, 2.05) is 0 Å². The summed E-state index contributed by atoms with van der Waals surface area (Å²) in [5, 5.41) is 9.19. The predicted molar refractivity (Wildman–Crippen MR) is 78.8 cm³/mol. The van der Waals surface area contributed by atoms with Crippen LogP contribution in [0.1, 0.15) is 42.2 Å². The van der Waals surface area contributed by atoms with Crippen molar-refractivity contribution in [1.29, 1.82) is 0 Å². The number of carbonyl (C=O) groups excluding carboxylic acids is 2. The van der Waals surface area contributed by atoms with Gasteiger partial charge in [-0.25, -0.2) is 4.79 Å². The first-order valence-corrected chi connectivity index (χ1v) is 6.76. The van der Waals surface area contributed by atoms with Gasteiger partial charge in [-0.05, 0) is 22.0 Å². The molecule has 0 atom stereocenters. The molecule has 0 saturated carbocycles. The van der Waals surface area contributed by atoms with Gasteiger partial charge in [-0.15, -0.1) is 0 Å². The lowest BCUT2D eigenvalue weighted by Crippen LogP contribution is -2.24. The van der Waals surface area contributed by atoms with E-state index >= 15 is 0 Å². The monoisotopic (exact) mass is 345 g/mol. The number of nitrogens with two attached hydrogens (primary N) is 1. The molecule has 2 aromatic carbocycles. The number of carboxylic acids is 1. The van der Waals surface area contributed by atoms with E-state index in [-0.39, 0.29) is 38.2 Å². The van der Waals surface area contributed by atoms with E-state index in [9.17, 15) is 19.5 Å². The summed E-state index contributed by atoms with van der Waals surface area (Å²) in [6, 6.07) is 7.74. The van der Waals surface area contributed by atoms with Crippen molar-refractivity contribution in [2.45, 2.75) is 0 Å². The maximum Gasteiger partial charge on any atom is 0.338 e. The van der Waals surface area contributed by atoms with Crippen LogP contribution < -0.4 is 5.73 Å². The number of aromatic carboxylic acids is 1. The van der Waals surface area contributed by atoms with E-state index in [0.717, 1.165) is 0 Å². The normalized spacial score (nSPS) is 12.8. The highest BCUT2D eigenvalue weighted by atomic mass is 79.9. The summed E-state index contributed by atoms with van der Waals surface area (Å²) in [6.45, 7) is 0. The molecule has 0 aliphatic heterocycles. The first-order chi connectivity index (χ1) is 9.93. The predicted octanol–water partition coefficient (Wildman–Crippen LogP) is 2.50. The van der Waals surface area contributed by atoms with Crippen molar-refractivity contribution in [3.63, 3.8) is 0 Å². The molecule has 0 saturated heterocycles. The molecule has 0 aromatic heterocycles. The van der Waals surface area contributed by atoms with E-state index in [1.54, 1.807) is 18.2 Å². The Morgan fingerprint density at radius 1 is 1.05 bits per heavy atom. The molecule has 0 fully saturated rings. The highest BCUT2D eigenvalue weighted by Crippen LogP contribution is 2.36. The van der Waals surface area contributed by atoms with Crippen molar-refractivity contribution >= 4 is 39.2 Å². The molecule has 5 nitrogen and oxygen atoms in total. The van der Waals surface area contributed by atoms with Gasteiger partial charge in [-0.2, -0.15) is 0 Å². The van der Waals surface area contributed by atoms with Crippen molar-refractivity contribution in [2.24, 2.45) is 0 Å². The first-order valence-electron chi connectivity index (χ1n) is 5.97. The van der Waals surface area contributed by atoms with Crippen LogP contribution >= 0.6 is 15.9 Å². The fourth-order valence-electron chi connectivity index (χ4n) is 2.47. The minimum atomic E-state index is -1.26. The fraction of sp³-hybridized carbons (Fsp3) is 0. The zero-order chi connectivity index (χ0) is 15.3. The van der Waals surface area contributed by atoms with Gasteiger partial charge in [0.15, 0.2) is 11.6 Å². The SMILES string of the molecule is Nc1c(C(=O)O)c(Br)cc2c1C(=O)c1ccccc1C2=O. The number of fused-ring (bicyclic) bond motifs is 2. The van der Waals surface area contributed by atoms with Gasteiger partial charge in [0.05, 0.1) is 16.8 Å². The van der Waals surface area contributed by atoms with E-state index in [2.05, 4.69) is 15.9 Å². The van der Waals surface area contributed by atoms with Crippen LogP contribution in [0.3, 0.4) is 0 Å². The number of carboxylic acid groups (broad SMARTS) is 1. The Balaban J connectivity index is 2.39. The average Bonchev–Trinajstić information content (AvgIpc) is 2.44. The van der Waals surface area contributed by atoms with Crippen LogP contribution in [0.4, 0.5) is 5.69 Å². The molecule has 3 N–H and O–H groups in total. The second-order valence-electron chi connectivity index (χ2n) is 4.58. The second kappa shape index (κ2) is 4.53. The quantitative estimate of drug-likeness (QED) is 0.660. The molecule has 0 unspecified atom stereocenters. The highest BCUT2D eigenvalue weighted by Gasteiger charge is 2.34. The van der Waals surface area contributed by atoms with Gasteiger partial charge < -0.3 is 10.8 Å². The lowest BCUT2D eigenvalue weighted by Gasteiger charge is -2.20. The Morgan fingerprint density at radius 3 is 2.19 bits per heavy atom. The molecule has 0 bridgehead atoms. The third-order valence-corrected chi connectivity index (χ3v) is 4.05. The number of benzene rings is 2. The molecule has 0 radical (unpaired) electrons. The van der Waals surface area contributed by atoms with E-state index in [0.29, 0.717) is 5.56 Å². The second-order valence-corrected chi connectivity index (χ2v) is 5.43. The fourth-order valence-corrected chi connectivity index (χ4v) is 3.08. The minimum absolute atomic E-state index is 0.0423. The summed E-state index contributed by atoms with van der Waals surface area (Å²) in [6.07, 6.45) is 0. The van der Waals surface area contributed by atoms with Gasteiger partial charge in [0.1, 0.15) is 0 Å². The van der Waals surface area contributed by atoms with Crippen LogP contribution in [0.2, 0.25) is 0 Å². The Labute approximate surface area is 127 Å². The topological polar surface area (TPSA) is 97.5 Å². The number of carbonyl (C=O) groups is 3. The molecule has 0 spiro atoms. The first kappa shape index (κ1) is 13.5. The van der Waals surface area contributed by atoms with Crippen molar-refractivity contribution in [3.05, 3.63) is 62.6 Å². The van der Waals surface area contributed by atoms with Gasteiger partial charge in [-0.1, -0.05) is 24.3 Å². The Morgan fingerprint density at radius 2 is 1.62 bits per heavy atom. The standard InChI is InChI=1S/C15H8BrNO4/c16-9-5-8-10(12(17)11(9)15(20)21)14(19)7-4-2-1-3-6(7)13(8)18/h1-5H,17H2,(H,20,21).